The van der Waals surface area contributed by atoms with E-state index in [1.54, 1.807) is 37.3 Å². The first-order chi connectivity index (χ1) is 7.69. The number of hydrogen-bond donors (Lipinski definition) is 0. The summed E-state index contributed by atoms with van der Waals surface area (Å²) in [5.41, 5.74) is 7.95. The summed E-state index contributed by atoms with van der Waals surface area (Å²) in [6, 6.07) is 8.24. The maximum atomic E-state index is 11.4. The third-order valence-corrected chi connectivity index (χ3v) is 1.83. The second-order valence-corrected chi connectivity index (χ2v) is 2.93. The molecule has 0 saturated carbocycles. The van der Waals surface area contributed by atoms with Gasteiger partial charge in [0.15, 0.2) is 0 Å². The van der Waals surface area contributed by atoms with Crippen LogP contribution in [-0.4, -0.2) is 22.3 Å². The molecule has 0 radical (unpaired) electrons. The quantitative estimate of drug-likeness (QED) is 0.190. The number of ether oxygens (including phenoxy) is 1. The molecule has 0 saturated heterocycles. The molecule has 1 aromatic carbocycles. The molecular formula is C11H10N2O3. The second-order valence-electron chi connectivity index (χ2n) is 2.93. The molecule has 0 aromatic heterocycles. The molecule has 1 aromatic rings. The third kappa shape index (κ3) is 2.87. The molecule has 0 atom stereocenters. The average Bonchev–Trinajstić information content (AvgIpc) is 2.31. The van der Waals surface area contributed by atoms with Gasteiger partial charge in [-0.25, -0.2) is 4.79 Å². The van der Waals surface area contributed by atoms with E-state index < -0.39 is 17.5 Å². The summed E-state index contributed by atoms with van der Waals surface area (Å²) in [6.45, 7) is 1.56. The lowest BCUT2D eigenvalue weighted by atomic mass is 10.2. The number of carbonyl (C=O) groups excluding carboxylic acids is 2. The van der Waals surface area contributed by atoms with E-state index in [0.29, 0.717) is 0 Å². The van der Waals surface area contributed by atoms with Gasteiger partial charge in [0.1, 0.15) is 5.75 Å². The SMILES string of the molecule is CCC(=O)C(=[N+]=[N-])C(=O)Oc1ccccc1. The van der Waals surface area contributed by atoms with Crippen LogP contribution >= 0.6 is 0 Å². The molecule has 0 bridgehead atoms. The zero-order valence-corrected chi connectivity index (χ0v) is 8.71. The Kier molecular flexibility index (Phi) is 4.12. The minimum Gasteiger partial charge on any atom is -0.418 e. The lowest BCUT2D eigenvalue weighted by Crippen LogP contribution is -2.28. The van der Waals surface area contributed by atoms with Gasteiger partial charge < -0.3 is 10.3 Å². The first kappa shape index (κ1) is 11.8. The Morgan fingerprint density at radius 1 is 1.31 bits per heavy atom. The number of Topliss-reactive ketones (excluding diaryl/α,β-unsaturated/α-hetero) is 1. The third-order valence-electron chi connectivity index (χ3n) is 1.83. The van der Waals surface area contributed by atoms with Gasteiger partial charge in [-0.05, 0) is 12.1 Å². The Morgan fingerprint density at radius 2 is 1.94 bits per heavy atom. The highest BCUT2D eigenvalue weighted by molar-refractivity contribution is 6.62. The van der Waals surface area contributed by atoms with E-state index in [1.807, 2.05) is 0 Å². The van der Waals surface area contributed by atoms with E-state index in [9.17, 15) is 9.59 Å². The molecule has 0 spiro atoms. The minimum absolute atomic E-state index is 0.0727. The van der Waals surface area contributed by atoms with Gasteiger partial charge >= 0.3 is 11.7 Å². The van der Waals surface area contributed by atoms with E-state index in [1.165, 1.54) is 0 Å². The van der Waals surface area contributed by atoms with Crippen LogP contribution < -0.4 is 4.74 Å². The monoisotopic (exact) mass is 218 g/mol. The number of para-hydroxylation sites is 1. The molecule has 82 valence electrons. The van der Waals surface area contributed by atoms with Gasteiger partial charge in [0, 0.05) is 6.42 Å². The molecule has 1 rings (SSSR count). The van der Waals surface area contributed by atoms with Crippen molar-refractivity contribution in [3.05, 3.63) is 35.9 Å². The van der Waals surface area contributed by atoms with Crippen LogP contribution in [0.25, 0.3) is 5.53 Å². The van der Waals surface area contributed by atoms with Gasteiger partial charge in [-0.15, -0.1) is 0 Å². The summed E-state index contributed by atoms with van der Waals surface area (Å²) in [4.78, 5) is 25.2. The van der Waals surface area contributed by atoms with Crippen molar-refractivity contribution in [1.82, 2.24) is 0 Å². The van der Waals surface area contributed by atoms with Crippen molar-refractivity contribution in [1.29, 1.82) is 0 Å². The Morgan fingerprint density at radius 3 is 2.44 bits per heavy atom. The molecule has 0 aliphatic heterocycles. The first-order valence-electron chi connectivity index (χ1n) is 4.71. The fourth-order valence-corrected chi connectivity index (χ4v) is 1.02. The maximum Gasteiger partial charge on any atom is 0.441 e. The Balaban J connectivity index is 2.80. The standard InChI is InChI=1S/C11H10N2O3/c1-2-9(14)10(13-12)11(15)16-8-6-4-3-5-7-8/h3-7H,2H2,1H3. The summed E-state index contributed by atoms with van der Waals surface area (Å²) < 4.78 is 4.84. The zero-order valence-electron chi connectivity index (χ0n) is 8.71. The van der Waals surface area contributed by atoms with Crippen molar-refractivity contribution in [3.63, 3.8) is 0 Å². The molecule has 5 heteroatoms. The molecule has 0 N–H and O–H groups in total. The van der Waals surface area contributed by atoms with Crippen LogP contribution in [0.15, 0.2) is 30.3 Å². The zero-order chi connectivity index (χ0) is 12.0. The highest BCUT2D eigenvalue weighted by Gasteiger charge is 2.29. The number of rotatable bonds is 4. The van der Waals surface area contributed by atoms with Crippen molar-refractivity contribution < 1.29 is 19.1 Å². The lowest BCUT2D eigenvalue weighted by Gasteiger charge is -1.99. The number of benzene rings is 1. The van der Waals surface area contributed by atoms with E-state index in [0.717, 1.165) is 0 Å². The van der Waals surface area contributed by atoms with Gasteiger partial charge in [0.2, 0.25) is 0 Å². The molecule has 0 aliphatic carbocycles. The maximum absolute atomic E-state index is 11.4. The van der Waals surface area contributed by atoms with Crippen LogP contribution in [0.5, 0.6) is 5.75 Å². The molecule has 0 unspecified atom stereocenters. The van der Waals surface area contributed by atoms with E-state index in [2.05, 4.69) is 4.79 Å². The van der Waals surface area contributed by atoms with E-state index >= 15 is 0 Å². The van der Waals surface area contributed by atoms with Gasteiger partial charge in [-0.2, -0.15) is 4.79 Å². The Hall–Kier alpha value is -2.26. The highest BCUT2D eigenvalue weighted by Crippen LogP contribution is 2.08. The molecule has 0 heterocycles. The van der Waals surface area contributed by atoms with Crippen LogP contribution in [0.3, 0.4) is 0 Å². The Labute approximate surface area is 92.3 Å². The van der Waals surface area contributed by atoms with E-state index in [4.69, 9.17) is 10.3 Å². The van der Waals surface area contributed by atoms with Crippen molar-refractivity contribution in [2.45, 2.75) is 13.3 Å². The molecule has 0 amide bonds. The number of esters is 1. The van der Waals surface area contributed by atoms with Gasteiger partial charge in [-0.1, -0.05) is 25.1 Å². The van der Waals surface area contributed by atoms with Crippen LogP contribution in [0, 0.1) is 0 Å². The number of nitrogens with zero attached hydrogens (tertiary/aromatic N) is 2. The average molecular weight is 218 g/mol. The van der Waals surface area contributed by atoms with Crippen LogP contribution in [0.1, 0.15) is 13.3 Å². The Bertz CT molecular complexity index is 448. The molecular weight excluding hydrogens is 208 g/mol. The molecule has 0 fully saturated rings. The lowest BCUT2D eigenvalue weighted by molar-refractivity contribution is -0.134. The van der Waals surface area contributed by atoms with Crippen LogP contribution in [-0.2, 0) is 9.59 Å². The van der Waals surface area contributed by atoms with Gasteiger partial charge in [0.05, 0.1) is 0 Å². The molecule has 0 aliphatic rings. The van der Waals surface area contributed by atoms with Crippen LogP contribution in [0.2, 0.25) is 0 Å². The topological polar surface area (TPSA) is 79.8 Å². The van der Waals surface area contributed by atoms with Crippen molar-refractivity contribution in [2.24, 2.45) is 0 Å². The summed E-state index contributed by atoms with van der Waals surface area (Å²) in [7, 11) is 0. The second kappa shape index (κ2) is 5.58. The summed E-state index contributed by atoms with van der Waals surface area (Å²) in [5.74, 6) is -1.23. The van der Waals surface area contributed by atoms with Gasteiger partial charge in [-0.3, -0.25) is 4.79 Å². The van der Waals surface area contributed by atoms with E-state index in [-0.39, 0.29) is 12.2 Å². The summed E-state index contributed by atoms with van der Waals surface area (Å²) in [6.07, 6.45) is 0.0727. The minimum atomic E-state index is -0.958. The fourth-order valence-electron chi connectivity index (χ4n) is 1.02. The first-order valence-corrected chi connectivity index (χ1v) is 4.71. The predicted octanol–water partition coefficient (Wildman–Crippen LogP) is 1.24. The molecule has 16 heavy (non-hydrogen) atoms. The largest absolute Gasteiger partial charge is 0.441 e. The number of carbonyl (C=O) groups is 2. The number of ketones is 1. The highest BCUT2D eigenvalue weighted by atomic mass is 16.5. The van der Waals surface area contributed by atoms with Crippen molar-refractivity contribution in [3.8, 4) is 5.75 Å². The van der Waals surface area contributed by atoms with Crippen molar-refractivity contribution >= 4 is 17.5 Å². The predicted molar refractivity (Wildman–Crippen MR) is 56.0 cm³/mol. The summed E-state index contributed by atoms with van der Waals surface area (Å²) >= 11 is 0. The van der Waals surface area contributed by atoms with Crippen LogP contribution in [0.4, 0.5) is 0 Å². The van der Waals surface area contributed by atoms with Crippen molar-refractivity contribution in [2.75, 3.05) is 0 Å². The fraction of sp³-hybridized carbons (Fsp3) is 0.182. The van der Waals surface area contributed by atoms with Gasteiger partial charge in [0.25, 0.3) is 5.78 Å². The number of hydrogen-bond acceptors (Lipinski definition) is 3. The smallest absolute Gasteiger partial charge is 0.418 e. The normalized spacial score (nSPS) is 9.06. The molecule has 5 nitrogen and oxygen atoms in total. The summed E-state index contributed by atoms with van der Waals surface area (Å²) in [5, 5.41) is 0.